The maximum absolute atomic E-state index is 11.9. The highest BCUT2D eigenvalue weighted by Crippen LogP contribution is 2.27. The van der Waals surface area contributed by atoms with Crippen LogP contribution >= 0.6 is 0 Å². The maximum Gasteiger partial charge on any atom is 0.251 e. The lowest BCUT2D eigenvalue weighted by Crippen LogP contribution is -2.26. The highest BCUT2D eigenvalue weighted by atomic mass is 32.2. The number of amides is 1. The fourth-order valence-electron chi connectivity index (χ4n) is 1.68. The van der Waals surface area contributed by atoms with Crippen LogP contribution in [-0.2, 0) is 10.0 Å². The standard InChI is InChI=1S/C12H16N2O3S/c1-8-2-5-10(18(13,16)17)6-11(8)12(15)14-7-9-3-4-9/h2,5-6,9H,3-4,7H2,1H3,(H,14,15)(H2,13,16,17). The normalized spacial score (nSPS) is 15.4. The quantitative estimate of drug-likeness (QED) is 0.845. The average molecular weight is 268 g/mol. The lowest BCUT2D eigenvalue weighted by atomic mass is 10.1. The van der Waals surface area contributed by atoms with Crippen molar-refractivity contribution < 1.29 is 13.2 Å². The number of carbonyl (C=O) groups is 1. The Morgan fingerprint density at radius 2 is 2.11 bits per heavy atom. The molecule has 0 saturated heterocycles. The molecule has 0 unspecified atom stereocenters. The van der Waals surface area contributed by atoms with Gasteiger partial charge in [-0.2, -0.15) is 0 Å². The molecule has 1 aliphatic carbocycles. The van der Waals surface area contributed by atoms with Crippen LogP contribution in [0.1, 0.15) is 28.8 Å². The number of rotatable bonds is 4. The number of nitrogens with one attached hydrogen (secondary N) is 1. The van der Waals surface area contributed by atoms with E-state index in [-0.39, 0.29) is 10.8 Å². The molecule has 98 valence electrons. The molecule has 1 saturated carbocycles. The van der Waals surface area contributed by atoms with Gasteiger partial charge in [0.2, 0.25) is 10.0 Å². The summed E-state index contributed by atoms with van der Waals surface area (Å²) in [5.74, 6) is 0.334. The number of nitrogens with two attached hydrogens (primary N) is 1. The molecule has 1 aromatic rings. The van der Waals surface area contributed by atoms with Crippen molar-refractivity contribution in [2.24, 2.45) is 11.1 Å². The van der Waals surface area contributed by atoms with Crippen LogP contribution in [0.5, 0.6) is 0 Å². The third-order valence-corrected chi connectivity index (χ3v) is 3.94. The van der Waals surface area contributed by atoms with E-state index in [1.807, 2.05) is 0 Å². The van der Waals surface area contributed by atoms with Crippen LogP contribution in [0.25, 0.3) is 0 Å². The third-order valence-electron chi connectivity index (χ3n) is 3.03. The van der Waals surface area contributed by atoms with Gasteiger partial charge in [0.15, 0.2) is 0 Å². The zero-order valence-electron chi connectivity index (χ0n) is 10.1. The molecule has 18 heavy (non-hydrogen) atoms. The summed E-state index contributed by atoms with van der Waals surface area (Å²) in [5, 5.41) is 7.85. The molecule has 0 heterocycles. The Balaban J connectivity index is 2.22. The molecule has 0 bridgehead atoms. The topological polar surface area (TPSA) is 89.3 Å². The van der Waals surface area contributed by atoms with Crippen LogP contribution in [0.15, 0.2) is 23.1 Å². The summed E-state index contributed by atoms with van der Waals surface area (Å²) >= 11 is 0. The molecule has 1 aromatic carbocycles. The van der Waals surface area contributed by atoms with E-state index in [9.17, 15) is 13.2 Å². The van der Waals surface area contributed by atoms with Crippen LogP contribution in [0.3, 0.4) is 0 Å². The third kappa shape index (κ3) is 3.08. The zero-order chi connectivity index (χ0) is 13.3. The van der Waals surface area contributed by atoms with E-state index in [1.165, 1.54) is 12.1 Å². The molecule has 0 spiro atoms. The Labute approximate surface area is 106 Å². The summed E-state index contributed by atoms with van der Waals surface area (Å²) in [6, 6.07) is 4.32. The minimum atomic E-state index is -3.77. The fourth-order valence-corrected chi connectivity index (χ4v) is 2.22. The highest BCUT2D eigenvalue weighted by Gasteiger charge is 2.22. The van der Waals surface area contributed by atoms with E-state index in [0.29, 0.717) is 18.0 Å². The minimum Gasteiger partial charge on any atom is -0.352 e. The van der Waals surface area contributed by atoms with Crippen molar-refractivity contribution in [1.29, 1.82) is 0 Å². The molecule has 0 aliphatic heterocycles. The van der Waals surface area contributed by atoms with Gasteiger partial charge in [-0.15, -0.1) is 0 Å². The number of benzene rings is 1. The molecular formula is C12H16N2O3S. The second-order valence-corrected chi connectivity index (χ2v) is 6.24. The molecule has 0 aromatic heterocycles. The smallest absolute Gasteiger partial charge is 0.251 e. The van der Waals surface area contributed by atoms with Crippen LogP contribution in [0.2, 0.25) is 0 Å². The van der Waals surface area contributed by atoms with E-state index in [1.54, 1.807) is 13.0 Å². The first-order valence-corrected chi connectivity index (χ1v) is 7.34. The predicted octanol–water partition coefficient (Wildman–Crippen LogP) is 0.782. The summed E-state index contributed by atoms with van der Waals surface area (Å²) in [6.07, 6.45) is 2.30. The van der Waals surface area contributed by atoms with E-state index >= 15 is 0 Å². The van der Waals surface area contributed by atoms with Gasteiger partial charge in [-0.1, -0.05) is 6.07 Å². The maximum atomic E-state index is 11.9. The molecule has 5 nitrogen and oxygen atoms in total. The van der Waals surface area contributed by atoms with Crippen molar-refractivity contribution in [2.45, 2.75) is 24.7 Å². The van der Waals surface area contributed by atoms with Crippen molar-refractivity contribution in [3.05, 3.63) is 29.3 Å². The predicted molar refractivity (Wildman–Crippen MR) is 67.6 cm³/mol. The Morgan fingerprint density at radius 3 is 2.67 bits per heavy atom. The molecule has 0 radical (unpaired) electrons. The van der Waals surface area contributed by atoms with Crippen molar-refractivity contribution in [3.63, 3.8) is 0 Å². The van der Waals surface area contributed by atoms with Gasteiger partial charge >= 0.3 is 0 Å². The Kier molecular flexibility index (Phi) is 3.41. The highest BCUT2D eigenvalue weighted by molar-refractivity contribution is 7.89. The molecule has 3 N–H and O–H groups in total. The molecule has 1 amide bonds. The van der Waals surface area contributed by atoms with Crippen molar-refractivity contribution >= 4 is 15.9 Å². The van der Waals surface area contributed by atoms with Crippen molar-refractivity contribution in [1.82, 2.24) is 5.32 Å². The van der Waals surface area contributed by atoms with Gasteiger partial charge in [-0.05, 0) is 43.4 Å². The number of hydrogen-bond acceptors (Lipinski definition) is 3. The summed E-state index contributed by atoms with van der Waals surface area (Å²) < 4.78 is 22.5. The number of hydrogen-bond donors (Lipinski definition) is 2. The lowest BCUT2D eigenvalue weighted by Gasteiger charge is -2.08. The van der Waals surface area contributed by atoms with Gasteiger partial charge in [0.05, 0.1) is 4.90 Å². The second-order valence-electron chi connectivity index (χ2n) is 4.68. The molecular weight excluding hydrogens is 252 g/mol. The number of carbonyl (C=O) groups excluding carboxylic acids is 1. The Hall–Kier alpha value is -1.40. The number of aryl methyl sites for hydroxylation is 1. The summed E-state index contributed by atoms with van der Waals surface area (Å²) in [4.78, 5) is 11.9. The van der Waals surface area contributed by atoms with Gasteiger partial charge in [0.1, 0.15) is 0 Å². The van der Waals surface area contributed by atoms with E-state index < -0.39 is 10.0 Å². The SMILES string of the molecule is Cc1ccc(S(N)(=O)=O)cc1C(=O)NCC1CC1. The Bertz CT molecular complexity index is 577. The van der Waals surface area contributed by atoms with Gasteiger partial charge in [0, 0.05) is 12.1 Å². The molecule has 0 atom stereocenters. The minimum absolute atomic E-state index is 0.0373. The van der Waals surface area contributed by atoms with Crippen LogP contribution in [-0.4, -0.2) is 20.9 Å². The first kappa shape index (κ1) is 13.0. The first-order valence-electron chi connectivity index (χ1n) is 5.79. The van der Waals surface area contributed by atoms with Crippen LogP contribution < -0.4 is 10.5 Å². The summed E-state index contributed by atoms with van der Waals surface area (Å²) in [6.45, 7) is 2.41. The molecule has 2 rings (SSSR count). The average Bonchev–Trinajstić information content (AvgIpc) is 3.08. The second kappa shape index (κ2) is 4.70. The van der Waals surface area contributed by atoms with Gasteiger partial charge in [-0.25, -0.2) is 13.6 Å². The largest absolute Gasteiger partial charge is 0.352 e. The number of primary sulfonamides is 1. The van der Waals surface area contributed by atoms with Crippen LogP contribution in [0.4, 0.5) is 0 Å². The van der Waals surface area contributed by atoms with Gasteiger partial charge in [0.25, 0.3) is 5.91 Å². The summed E-state index contributed by atoms with van der Waals surface area (Å²) in [7, 11) is -3.77. The molecule has 1 aliphatic rings. The van der Waals surface area contributed by atoms with Gasteiger partial charge in [-0.3, -0.25) is 4.79 Å². The molecule has 6 heteroatoms. The first-order chi connectivity index (χ1) is 8.38. The monoisotopic (exact) mass is 268 g/mol. The van der Waals surface area contributed by atoms with Crippen molar-refractivity contribution in [2.75, 3.05) is 6.54 Å². The summed E-state index contributed by atoms with van der Waals surface area (Å²) in [5.41, 5.74) is 1.10. The van der Waals surface area contributed by atoms with Crippen LogP contribution in [0, 0.1) is 12.8 Å². The lowest BCUT2D eigenvalue weighted by molar-refractivity contribution is 0.0951. The fraction of sp³-hybridized carbons (Fsp3) is 0.417. The van der Waals surface area contributed by atoms with Gasteiger partial charge < -0.3 is 5.32 Å². The Morgan fingerprint density at radius 1 is 1.44 bits per heavy atom. The number of sulfonamides is 1. The van der Waals surface area contributed by atoms with E-state index in [4.69, 9.17) is 5.14 Å². The van der Waals surface area contributed by atoms with E-state index in [2.05, 4.69) is 5.32 Å². The zero-order valence-corrected chi connectivity index (χ0v) is 11.0. The molecule has 1 fully saturated rings. The van der Waals surface area contributed by atoms with E-state index in [0.717, 1.165) is 18.4 Å². The van der Waals surface area contributed by atoms with Crippen molar-refractivity contribution in [3.8, 4) is 0 Å².